The number of nitrogens with zero attached hydrogens (tertiary/aromatic N) is 1. The maximum absolute atomic E-state index is 2.44. The lowest BCUT2D eigenvalue weighted by Gasteiger charge is -2.15. The van der Waals surface area contributed by atoms with E-state index < -0.39 is 0 Å². The van der Waals surface area contributed by atoms with Gasteiger partial charge in [0, 0.05) is 23.4 Å². The zero-order chi connectivity index (χ0) is 13.6. The van der Waals surface area contributed by atoms with E-state index in [1.807, 2.05) is 11.3 Å². The first-order valence-electron chi connectivity index (χ1n) is 6.85. The van der Waals surface area contributed by atoms with E-state index in [0.29, 0.717) is 0 Å². The molecule has 0 bridgehead atoms. The first-order chi connectivity index (χ1) is 9.05. The van der Waals surface area contributed by atoms with Crippen molar-refractivity contribution >= 4 is 22.7 Å². The number of rotatable bonds is 2. The Morgan fingerprint density at radius 2 is 2.00 bits per heavy atom. The number of fused-ring (bicyclic) bond motifs is 1. The molecule has 19 heavy (non-hydrogen) atoms. The molecule has 0 radical (unpaired) electrons. The average Bonchev–Trinajstić information content (AvgIpc) is 2.98. The highest BCUT2D eigenvalue weighted by Crippen LogP contribution is 2.41. The lowest BCUT2D eigenvalue weighted by atomic mass is 9.81. The van der Waals surface area contributed by atoms with Crippen LogP contribution in [0, 0.1) is 0 Å². The molecule has 0 saturated carbocycles. The molecule has 2 heteroatoms. The van der Waals surface area contributed by atoms with Gasteiger partial charge in [0.25, 0.3) is 0 Å². The van der Waals surface area contributed by atoms with Crippen LogP contribution < -0.4 is 0 Å². The Labute approximate surface area is 119 Å². The summed E-state index contributed by atoms with van der Waals surface area (Å²) in [5.74, 6) is 0. The van der Waals surface area contributed by atoms with Crippen LogP contribution in [0.4, 0.5) is 5.69 Å². The van der Waals surface area contributed by atoms with Gasteiger partial charge in [0.05, 0.1) is 5.41 Å². The fourth-order valence-electron chi connectivity index (χ4n) is 2.99. The second-order valence-corrected chi connectivity index (χ2v) is 6.61. The van der Waals surface area contributed by atoms with Gasteiger partial charge >= 0.3 is 0 Å². The molecule has 1 aliphatic heterocycles. The molecule has 98 valence electrons. The van der Waals surface area contributed by atoms with Gasteiger partial charge in [-0.15, -0.1) is 11.3 Å². The third-order valence-corrected chi connectivity index (χ3v) is 5.31. The molecule has 1 aliphatic rings. The van der Waals surface area contributed by atoms with Crippen LogP contribution in [0.15, 0.2) is 35.7 Å². The van der Waals surface area contributed by atoms with Crippen molar-refractivity contribution in [2.75, 3.05) is 6.54 Å². The van der Waals surface area contributed by atoms with Gasteiger partial charge in [0.1, 0.15) is 6.54 Å². The van der Waals surface area contributed by atoms with E-state index in [9.17, 15) is 0 Å². The van der Waals surface area contributed by atoms with Gasteiger partial charge in [-0.05, 0) is 49.9 Å². The van der Waals surface area contributed by atoms with E-state index in [4.69, 9.17) is 0 Å². The molecule has 0 N–H and O–H groups in total. The van der Waals surface area contributed by atoms with Gasteiger partial charge in [0.15, 0.2) is 5.71 Å². The minimum absolute atomic E-state index is 0.138. The Hall–Kier alpha value is -1.41. The summed E-state index contributed by atoms with van der Waals surface area (Å²) in [6, 6.07) is 11.2. The Morgan fingerprint density at radius 3 is 2.63 bits per heavy atom. The minimum Gasteiger partial charge on any atom is -0.199 e. The predicted molar refractivity (Wildman–Crippen MR) is 83.9 cm³/mol. The molecule has 3 rings (SSSR count). The van der Waals surface area contributed by atoms with Crippen molar-refractivity contribution in [2.45, 2.75) is 33.1 Å². The zero-order valence-corrected chi connectivity index (χ0v) is 12.8. The van der Waals surface area contributed by atoms with E-state index >= 15 is 0 Å². The van der Waals surface area contributed by atoms with Crippen molar-refractivity contribution in [1.29, 1.82) is 0 Å². The molecule has 1 aromatic heterocycles. The van der Waals surface area contributed by atoms with Crippen molar-refractivity contribution in [1.82, 2.24) is 0 Å². The molecule has 0 saturated heterocycles. The van der Waals surface area contributed by atoms with E-state index in [1.165, 1.54) is 27.4 Å². The van der Waals surface area contributed by atoms with Crippen LogP contribution in [-0.4, -0.2) is 16.8 Å². The van der Waals surface area contributed by atoms with Crippen molar-refractivity contribution in [3.05, 3.63) is 41.3 Å². The quantitative estimate of drug-likeness (QED) is 0.688. The van der Waals surface area contributed by atoms with Gasteiger partial charge < -0.3 is 0 Å². The van der Waals surface area contributed by atoms with E-state index in [0.717, 1.165) is 6.54 Å². The Morgan fingerprint density at radius 1 is 1.21 bits per heavy atom. The van der Waals surface area contributed by atoms with Gasteiger partial charge in [0.2, 0.25) is 5.69 Å². The second-order valence-electron chi connectivity index (χ2n) is 5.66. The van der Waals surface area contributed by atoms with Crippen LogP contribution in [0.1, 0.15) is 33.3 Å². The molecule has 0 fully saturated rings. The van der Waals surface area contributed by atoms with Gasteiger partial charge in [-0.2, -0.15) is 4.58 Å². The monoisotopic (exact) mass is 270 g/mol. The summed E-state index contributed by atoms with van der Waals surface area (Å²) < 4.78 is 2.44. The van der Waals surface area contributed by atoms with Crippen molar-refractivity contribution in [3.63, 3.8) is 0 Å². The van der Waals surface area contributed by atoms with Crippen molar-refractivity contribution < 1.29 is 4.58 Å². The summed E-state index contributed by atoms with van der Waals surface area (Å²) >= 11 is 1.81. The highest BCUT2D eigenvalue weighted by atomic mass is 32.1. The summed E-state index contributed by atoms with van der Waals surface area (Å²) in [6.07, 6.45) is 0. The molecule has 0 aliphatic carbocycles. The lowest BCUT2D eigenvalue weighted by Crippen LogP contribution is -2.26. The topological polar surface area (TPSA) is 3.01 Å². The zero-order valence-electron chi connectivity index (χ0n) is 12.0. The molecular formula is C17H20NS+. The number of hydrogen-bond acceptors (Lipinski definition) is 1. The summed E-state index contributed by atoms with van der Waals surface area (Å²) in [6.45, 7) is 10.2. The van der Waals surface area contributed by atoms with Crippen LogP contribution in [0.3, 0.4) is 0 Å². The highest BCUT2D eigenvalue weighted by Gasteiger charge is 2.42. The summed E-state index contributed by atoms with van der Waals surface area (Å²) in [5, 5.41) is 2.14. The standard InChI is InChI=1S/C17H20NS/c1-5-18-12(2)17(3,4)14-11-13(8-9-15(14)18)16-7-6-10-19-16/h6-11H,5H2,1-4H3/q+1. The minimum atomic E-state index is 0.138. The number of thiophene rings is 1. The molecule has 1 nitrogen and oxygen atoms in total. The highest BCUT2D eigenvalue weighted by molar-refractivity contribution is 7.13. The van der Waals surface area contributed by atoms with E-state index in [1.54, 1.807) is 0 Å². The summed E-state index contributed by atoms with van der Waals surface area (Å²) in [4.78, 5) is 1.35. The molecule has 2 heterocycles. The van der Waals surface area contributed by atoms with Crippen LogP contribution in [0.2, 0.25) is 0 Å². The first kappa shape index (κ1) is 12.6. The lowest BCUT2D eigenvalue weighted by molar-refractivity contribution is -0.434. The maximum atomic E-state index is 2.44. The summed E-state index contributed by atoms with van der Waals surface area (Å²) in [5.41, 5.74) is 5.77. The smallest absolute Gasteiger partial charge is 0.199 e. The van der Waals surface area contributed by atoms with Gasteiger partial charge in [-0.1, -0.05) is 6.07 Å². The van der Waals surface area contributed by atoms with Crippen LogP contribution in [0.5, 0.6) is 0 Å². The van der Waals surface area contributed by atoms with Crippen molar-refractivity contribution in [2.24, 2.45) is 0 Å². The number of hydrogen-bond donors (Lipinski definition) is 0. The fraction of sp³-hybridized carbons (Fsp3) is 0.353. The number of benzene rings is 1. The SMILES string of the molecule is CC[N+]1=C(C)C(C)(C)c2cc(-c3cccs3)ccc21. The van der Waals surface area contributed by atoms with Crippen LogP contribution in [0.25, 0.3) is 10.4 Å². The van der Waals surface area contributed by atoms with Crippen molar-refractivity contribution in [3.8, 4) is 10.4 Å². The van der Waals surface area contributed by atoms with Crippen LogP contribution >= 0.6 is 11.3 Å². The third kappa shape index (κ3) is 1.78. The third-order valence-electron chi connectivity index (χ3n) is 4.39. The van der Waals surface area contributed by atoms with E-state index in [-0.39, 0.29) is 5.41 Å². The molecule has 2 aromatic rings. The Kier molecular flexibility index (Phi) is 2.86. The van der Waals surface area contributed by atoms with Gasteiger partial charge in [-0.3, -0.25) is 0 Å². The molecular weight excluding hydrogens is 250 g/mol. The Bertz CT molecular complexity index is 648. The molecule has 1 aromatic carbocycles. The normalized spacial score (nSPS) is 16.8. The molecule has 0 unspecified atom stereocenters. The molecule has 0 amide bonds. The summed E-state index contributed by atoms with van der Waals surface area (Å²) in [7, 11) is 0. The predicted octanol–water partition coefficient (Wildman–Crippen LogP) is 4.83. The van der Waals surface area contributed by atoms with Crippen LogP contribution in [-0.2, 0) is 5.41 Å². The molecule has 0 atom stereocenters. The first-order valence-corrected chi connectivity index (χ1v) is 7.73. The maximum Gasteiger partial charge on any atom is 0.209 e. The average molecular weight is 270 g/mol. The molecule has 0 spiro atoms. The largest absolute Gasteiger partial charge is 0.209 e. The fourth-order valence-corrected chi connectivity index (χ4v) is 3.71. The van der Waals surface area contributed by atoms with E-state index in [2.05, 4.69) is 68.0 Å². The second kappa shape index (κ2) is 4.31. The Balaban J connectivity index is 2.18. The van der Waals surface area contributed by atoms with Gasteiger partial charge in [-0.25, -0.2) is 0 Å².